The molecule has 0 N–H and O–H groups in total. The molecule has 11 nitrogen and oxygen atoms in total. The Bertz CT molecular complexity index is 7680. The maximum absolute atomic E-state index is 5.09. The highest BCUT2D eigenvalue weighted by atomic mass is 15.0. The molecule has 626 valence electrons. The monoisotopic (exact) mass is 1700 g/mol. The summed E-state index contributed by atoms with van der Waals surface area (Å²) in [5.41, 5.74) is 36.3. The van der Waals surface area contributed by atoms with Gasteiger partial charge in [0.15, 0.2) is 17.5 Å². The standard InChI is InChI=1S/C45H30N4.C39H27N3.C38H26N4/c1-3-10-31(11-4-1)32-18-20-33(21-19-32)41-30-42(48-45(47-41)34-24-26-46-27-25-34)37-13-9-12-35(28-37)36-22-23-40-39-16-7-8-17-43(39)49(44(40)29-36)38-14-5-2-6-15-38;1-3-9-28(10-4-1)30-17-19-31(20-18-30)37-27-38(42-39(41-37)32-21-23-40-24-22-32)36-16-8-15-35(26-36)34-14-7-13-33(25-34)29-11-5-2-6-12-29;1-2-7-27(8-3-1)28-14-16-29(17-15-28)36-25-37(42-38(41-36)30-18-21-39-22-19-30)34-12-5-10-32(24-34)31-9-4-11-33(23-31)35-13-6-20-40-26-35/h1-30H;1-27H;1-26H. The van der Waals surface area contributed by atoms with Crippen LogP contribution in [-0.4, -0.2) is 54.4 Å². The molecule has 0 aliphatic rings. The lowest BCUT2D eigenvalue weighted by Gasteiger charge is -2.12. The van der Waals surface area contributed by atoms with E-state index in [4.69, 9.17) is 29.9 Å². The van der Waals surface area contributed by atoms with Crippen LogP contribution in [0.2, 0.25) is 0 Å². The van der Waals surface area contributed by atoms with Crippen LogP contribution in [0.15, 0.2) is 505 Å². The number of hydrogen-bond donors (Lipinski definition) is 0. The van der Waals surface area contributed by atoms with E-state index in [9.17, 15) is 0 Å². The maximum Gasteiger partial charge on any atom is 0.160 e. The third kappa shape index (κ3) is 18.5. The van der Waals surface area contributed by atoms with Gasteiger partial charge in [0.2, 0.25) is 0 Å². The van der Waals surface area contributed by atoms with Gasteiger partial charge in [-0.25, -0.2) is 29.9 Å². The first kappa shape index (κ1) is 81.9. The number of aromatic nitrogens is 11. The first-order valence-electron chi connectivity index (χ1n) is 44.3. The van der Waals surface area contributed by atoms with Crippen molar-refractivity contribution < 1.29 is 0 Å². The van der Waals surface area contributed by atoms with E-state index in [0.717, 1.165) is 129 Å². The zero-order chi connectivity index (χ0) is 88.9. The summed E-state index contributed by atoms with van der Waals surface area (Å²) in [7, 11) is 0. The third-order valence-electron chi connectivity index (χ3n) is 23.8. The first-order chi connectivity index (χ1) is 65.9. The zero-order valence-electron chi connectivity index (χ0n) is 72.3. The normalized spacial score (nSPS) is 11.0. The number of benzene rings is 15. The Kier molecular flexibility index (Phi) is 23.6. The van der Waals surface area contributed by atoms with Crippen molar-refractivity contribution in [3.8, 4) is 196 Å². The Labute approximate surface area is 772 Å². The molecule has 0 spiro atoms. The van der Waals surface area contributed by atoms with E-state index in [-0.39, 0.29) is 0 Å². The number of rotatable bonds is 18. The second-order valence-corrected chi connectivity index (χ2v) is 32.4. The molecular weight excluding hydrogens is 1620 g/mol. The Balaban J connectivity index is 0.000000121. The van der Waals surface area contributed by atoms with Crippen molar-refractivity contribution in [1.82, 2.24) is 54.4 Å². The minimum Gasteiger partial charge on any atom is -0.309 e. The number of nitrogens with zero attached hydrogens (tertiary/aromatic N) is 11. The average molecular weight is 1700 g/mol. The molecule has 133 heavy (non-hydrogen) atoms. The highest BCUT2D eigenvalue weighted by molar-refractivity contribution is 6.10. The van der Waals surface area contributed by atoms with Crippen molar-refractivity contribution in [3.05, 3.63) is 505 Å². The Morgan fingerprint density at radius 1 is 0.135 bits per heavy atom. The summed E-state index contributed by atoms with van der Waals surface area (Å²) < 4.78 is 2.36. The second-order valence-electron chi connectivity index (χ2n) is 32.4. The van der Waals surface area contributed by atoms with E-state index in [1.165, 1.54) is 71.9 Å². The SMILES string of the molecule is c1ccc(-c2ccc(-c3cc(-c4cccc(-c5ccc6c7ccccc7n(-c7ccccc7)c6c5)c4)nc(-c4ccncc4)n3)cc2)cc1.c1ccc(-c2ccc(-c3cc(-c4cccc(-c5cccc(-c6ccccc6)c5)c4)nc(-c4ccncc4)n3)cc2)cc1.c1ccc(-c2ccc(-c3cc(-c4cccc(-c5cccc(-c6cccnc6)c5)c4)nc(-c4ccncc4)n3)cc2)cc1. The molecule has 0 fully saturated rings. The van der Waals surface area contributed by atoms with Crippen LogP contribution in [0.25, 0.3) is 218 Å². The van der Waals surface area contributed by atoms with Gasteiger partial charge in [-0.15, -0.1) is 0 Å². The van der Waals surface area contributed by atoms with Crippen molar-refractivity contribution >= 4 is 21.8 Å². The van der Waals surface area contributed by atoms with Gasteiger partial charge in [0, 0.05) is 122 Å². The lowest BCUT2D eigenvalue weighted by atomic mass is 9.97. The van der Waals surface area contributed by atoms with Gasteiger partial charge in [0.1, 0.15) is 0 Å². The predicted octanol–water partition coefficient (Wildman–Crippen LogP) is 30.4. The van der Waals surface area contributed by atoms with E-state index in [1.54, 1.807) is 43.4 Å². The molecule has 0 radical (unpaired) electrons. The molecule has 23 rings (SSSR count). The van der Waals surface area contributed by atoms with Crippen molar-refractivity contribution in [3.63, 3.8) is 0 Å². The van der Waals surface area contributed by atoms with E-state index in [1.807, 2.05) is 72.9 Å². The van der Waals surface area contributed by atoms with E-state index >= 15 is 0 Å². The molecule has 0 amide bonds. The molecule has 0 bridgehead atoms. The molecule has 0 saturated heterocycles. The highest BCUT2D eigenvalue weighted by Crippen LogP contribution is 2.41. The maximum atomic E-state index is 5.09. The second kappa shape index (κ2) is 38.2. The van der Waals surface area contributed by atoms with Gasteiger partial charge in [0.25, 0.3) is 0 Å². The minimum atomic E-state index is 0.668. The van der Waals surface area contributed by atoms with Gasteiger partial charge < -0.3 is 4.57 Å². The van der Waals surface area contributed by atoms with Gasteiger partial charge in [-0.3, -0.25) is 19.9 Å². The summed E-state index contributed by atoms with van der Waals surface area (Å²) in [6.07, 6.45) is 14.4. The van der Waals surface area contributed by atoms with Gasteiger partial charge in [-0.1, -0.05) is 340 Å². The number of para-hydroxylation sites is 2. The topological polar surface area (TPSA) is 134 Å². The number of fused-ring (bicyclic) bond motifs is 3. The van der Waals surface area contributed by atoms with Crippen LogP contribution in [-0.2, 0) is 0 Å². The fourth-order valence-corrected chi connectivity index (χ4v) is 17.0. The van der Waals surface area contributed by atoms with Gasteiger partial charge in [-0.05, 0) is 199 Å². The quantitative estimate of drug-likeness (QED) is 0.0817. The van der Waals surface area contributed by atoms with Gasteiger partial charge in [-0.2, -0.15) is 0 Å². The van der Waals surface area contributed by atoms with Crippen molar-refractivity contribution in [1.29, 1.82) is 0 Å². The molecule has 0 saturated carbocycles. The van der Waals surface area contributed by atoms with E-state index in [0.29, 0.717) is 17.5 Å². The van der Waals surface area contributed by atoms with Gasteiger partial charge >= 0.3 is 0 Å². The molecule has 0 unspecified atom stereocenters. The molecular formula is C122H83N11. The molecule has 8 aromatic heterocycles. The van der Waals surface area contributed by atoms with Crippen LogP contribution in [0.1, 0.15) is 0 Å². The Hall–Kier alpha value is -18.1. The van der Waals surface area contributed by atoms with Crippen LogP contribution in [0, 0.1) is 0 Å². The summed E-state index contributed by atoms with van der Waals surface area (Å²) in [5.74, 6) is 2.01. The van der Waals surface area contributed by atoms with Crippen LogP contribution in [0.4, 0.5) is 0 Å². The zero-order valence-corrected chi connectivity index (χ0v) is 72.3. The lowest BCUT2D eigenvalue weighted by Crippen LogP contribution is -1.96. The van der Waals surface area contributed by atoms with Crippen molar-refractivity contribution in [2.75, 3.05) is 0 Å². The Morgan fingerprint density at radius 3 is 0.737 bits per heavy atom. The van der Waals surface area contributed by atoms with Crippen LogP contribution in [0.3, 0.4) is 0 Å². The highest BCUT2D eigenvalue weighted by Gasteiger charge is 2.20. The number of hydrogen-bond acceptors (Lipinski definition) is 10. The fraction of sp³-hybridized carbons (Fsp3) is 0. The summed E-state index contributed by atoms with van der Waals surface area (Å²) in [6, 6.07) is 158. The molecule has 23 aromatic rings. The number of pyridine rings is 4. The van der Waals surface area contributed by atoms with E-state index in [2.05, 4.69) is 413 Å². The van der Waals surface area contributed by atoms with Crippen LogP contribution in [0.5, 0.6) is 0 Å². The molecule has 8 heterocycles. The molecule has 15 aromatic carbocycles. The lowest BCUT2D eigenvalue weighted by molar-refractivity contribution is 1.17. The summed E-state index contributed by atoms with van der Waals surface area (Å²) in [4.78, 5) is 47.0. The van der Waals surface area contributed by atoms with Crippen LogP contribution >= 0.6 is 0 Å². The average Bonchev–Trinajstić information content (AvgIpc) is 1.60. The minimum absolute atomic E-state index is 0.668. The fourth-order valence-electron chi connectivity index (χ4n) is 17.0. The predicted molar refractivity (Wildman–Crippen MR) is 544 cm³/mol. The summed E-state index contributed by atoms with van der Waals surface area (Å²) in [5, 5.41) is 2.48. The van der Waals surface area contributed by atoms with Crippen molar-refractivity contribution in [2.24, 2.45) is 0 Å². The van der Waals surface area contributed by atoms with E-state index < -0.39 is 0 Å². The van der Waals surface area contributed by atoms with Crippen LogP contribution < -0.4 is 0 Å². The largest absolute Gasteiger partial charge is 0.309 e. The molecule has 0 aliphatic carbocycles. The summed E-state index contributed by atoms with van der Waals surface area (Å²) >= 11 is 0. The third-order valence-corrected chi connectivity index (χ3v) is 23.8. The van der Waals surface area contributed by atoms with Gasteiger partial charge in [0.05, 0.1) is 45.2 Å². The Morgan fingerprint density at radius 2 is 0.383 bits per heavy atom. The smallest absolute Gasteiger partial charge is 0.160 e. The first-order valence-corrected chi connectivity index (χ1v) is 44.3. The van der Waals surface area contributed by atoms with Crippen molar-refractivity contribution in [2.45, 2.75) is 0 Å². The molecule has 0 atom stereocenters. The summed E-state index contributed by atoms with van der Waals surface area (Å²) in [6.45, 7) is 0. The molecule has 0 aliphatic heterocycles. The molecule has 11 heteroatoms.